The minimum absolute atomic E-state index is 0.291. The summed E-state index contributed by atoms with van der Waals surface area (Å²) in [5, 5.41) is 3.63. The summed E-state index contributed by atoms with van der Waals surface area (Å²) in [6.45, 7) is 15.5. The molecule has 0 bridgehead atoms. The highest BCUT2D eigenvalue weighted by molar-refractivity contribution is 4.80. The molecular weight excluding hydrogens is 212 g/mol. The predicted octanol–water partition coefficient (Wildman–Crippen LogP) is 1.90. The molecule has 0 radical (unpaired) electrons. The molecule has 0 saturated carbocycles. The van der Waals surface area contributed by atoms with Crippen LogP contribution in [0.4, 0.5) is 0 Å². The van der Waals surface area contributed by atoms with Crippen molar-refractivity contribution in [3.63, 3.8) is 0 Å². The normalized spacial score (nSPS) is 24.6. The smallest absolute Gasteiger partial charge is 0.0678 e. The molecule has 1 saturated heterocycles. The molecule has 0 aromatic carbocycles. The summed E-state index contributed by atoms with van der Waals surface area (Å²) in [6.07, 6.45) is 3.34. The third-order valence-electron chi connectivity index (χ3n) is 3.33. The summed E-state index contributed by atoms with van der Waals surface area (Å²) in [4.78, 5) is 2.53. The van der Waals surface area contributed by atoms with Gasteiger partial charge < -0.3 is 10.1 Å². The van der Waals surface area contributed by atoms with Gasteiger partial charge in [0.15, 0.2) is 0 Å². The number of rotatable bonds is 6. The summed E-state index contributed by atoms with van der Waals surface area (Å²) in [7, 11) is 0. The topological polar surface area (TPSA) is 24.5 Å². The van der Waals surface area contributed by atoms with Crippen molar-refractivity contribution < 1.29 is 4.74 Å². The third-order valence-corrected chi connectivity index (χ3v) is 3.33. The molecule has 17 heavy (non-hydrogen) atoms. The van der Waals surface area contributed by atoms with Crippen LogP contribution in [0.2, 0.25) is 0 Å². The Kier molecular flexibility index (Phi) is 6.78. The minimum Gasteiger partial charge on any atom is -0.373 e. The van der Waals surface area contributed by atoms with Crippen molar-refractivity contribution in [2.45, 2.75) is 39.3 Å². The third kappa shape index (κ3) is 5.66. The maximum Gasteiger partial charge on any atom is 0.0678 e. The average molecular weight is 240 g/mol. The fraction of sp³-hybridized carbons (Fsp3) is 0.857. The van der Waals surface area contributed by atoms with Crippen molar-refractivity contribution in [1.82, 2.24) is 10.2 Å². The molecule has 0 aromatic heterocycles. The molecule has 3 heteroatoms. The van der Waals surface area contributed by atoms with Crippen LogP contribution < -0.4 is 5.32 Å². The molecule has 3 nitrogen and oxygen atoms in total. The van der Waals surface area contributed by atoms with Crippen LogP contribution in [0.1, 0.15) is 27.2 Å². The van der Waals surface area contributed by atoms with Crippen LogP contribution in [0.5, 0.6) is 0 Å². The van der Waals surface area contributed by atoms with Crippen LogP contribution in [0.25, 0.3) is 0 Å². The standard InChI is InChI=1S/C14H28N2O/c1-5-9-17-13(4)10-16-8-6-7-15-14(11-16)12(2)3/h5,12-15H,1,6-11H2,2-4H3. The van der Waals surface area contributed by atoms with E-state index in [2.05, 4.69) is 37.6 Å². The predicted molar refractivity (Wildman–Crippen MR) is 73.3 cm³/mol. The molecule has 1 heterocycles. The molecule has 1 fully saturated rings. The maximum absolute atomic E-state index is 5.65. The Labute approximate surface area is 106 Å². The van der Waals surface area contributed by atoms with Crippen molar-refractivity contribution in [3.05, 3.63) is 12.7 Å². The number of hydrogen-bond acceptors (Lipinski definition) is 3. The largest absolute Gasteiger partial charge is 0.373 e. The number of nitrogens with zero attached hydrogens (tertiary/aromatic N) is 1. The van der Waals surface area contributed by atoms with E-state index in [4.69, 9.17) is 4.74 Å². The van der Waals surface area contributed by atoms with Crippen LogP contribution in [-0.4, -0.2) is 49.8 Å². The lowest BCUT2D eigenvalue weighted by atomic mass is 10.0. The highest BCUT2D eigenvalue weighted by atomic mass is 16.5. The van der Waals surface area contributed by atoms with Crippen LogP contribution in [0.15, 0.2) is 12.7 Å². The molecule has 0 amide bonds. The molecule has 100 valence electrons. The van der Waals surface area contributed by atoms with Gasteiger partial charge in [0.2, 0.25) is 0 Å². The molecule has 1 aliphatic heterocycles. The summed E-state index contributed by atoms with van der Waals surface area (Å²) < 4.78 is 5.65. The van der Waals surface area contributed by atoms with Gasteiger partial charge in [-0.15, -0.1) is 6.58 Å². The van der Waals surface area contributed by atoms with Crippen LogP contribution in [0, 0.1) is 5.92 Å². The lowest BCUT2D eigenvalue weighted by Crippen LogP contribution is -2.43. The van der Waals surface area contributed by atoms with Crippen LogP contribution >= 0.6 is 0 Å². The van der Waals surface area contributed by atoms with E-state index in [1.807, 2.05) is 6.08 Å². The molecule has 0 spiro atoms. The maximum atomic E-state index is 5.65. The molecule has 2 unspecified atom stereocenters. The van der Waals surface area contributed by atoms with E-state index in [0.717, 1.165) is 19.6 Å². The zero-order valence-corrected chi connectivity index (χ0v) is 11.6. The minimum atomic E-state index is 0.291. The first-order valence-corrected chi connectivity index (χ1v) is 6.81. The molecule has 1 N–H and O–H groups in total. The number of ether oxygens (including phenoxy) is 1. The van der Waals surface area contributed by atoms with Crippen molar-refractivity contribution in [2.75, 3.05) is 32.8 Å². The van der Waals surface area contributed by atoms with Crippen molar-refractivity contribution in [1.29, 1.82) is 0 Å². The van der Waals surface area contributed by atoms with Crippen molar-refractivity contribution >= 4 is 0 Å². The zero-order chi connectivity index (χ0) is 12.7. The van der Waals surface area contributed by atoms with Gasteiger partial charge >= 0.3 is 0 Å². The van der Waals surface area contributed by atoms with E-state index in [0.29, 0.717) is 24.7 Å². The van der Waals surface area contributed by atoms with Gasteiger partial charge in [-0.25, -0.2) is 0 Å². The Morgan fingerprint density at radius 1 is 1.47 bits per heavy atom. The van der Waals surface area contributed by atoms with Gasteiger partial charge in [0, 0.05) is 19.1 Å². The SMILES string of the molecule is C=CCOC(C)CN1CCCNC(C(C)C)C1. The molecule has 0 aromatic rings. The second kappa shape index (κ2) is 7.85. The molecular formula is C14H28N2O. The Morgan fingerprint density at radius 2 is 2.24 bits per heavy atom. The summed E-state index contributed by atoms with van der Waals surface area (Å²) in [5.41, 5.74) is 0. The van der Waals surface area contributed by atoms with Gasteiger partial charge in [-0.3, -0.25) is 4.90 Å². The van der Waals surface area contributed by atoms with Crippen molar-refractivity contribution in [3.8, 4) is 0 Å². The first-order valence-electron chi connectivity index (χ1n) is 6.81. The quantitative estimate of drug-likeness (QED) is 0.718. The lowest BCUT2D eigenvalue weighted by Gasteiger charge is -2.28. The molecule has 2 atom stereocenters. The second-order valence-electron chi connectivity index (χ2n) is 5.35. The fourth-order valence-corrected chi connectivity index (χ4v) is 2.29. The van der Waals surface area contributed by atoms with E-state index < -0.39 is 0 Å². The zero-order valence-electron chi connectivity index (χ0n) is 11.6. The highest BCUT2D eigenvalue weighted by Crippen LogP contribution is 2.09. The highest BCUT2D eigenvalue weighted by Gasteiger charge is 2.21. The lowest BCUT2D eigenvalue weighted by molar-refractivity contribution is 0.0532. The van der Waals surface area contributed by atoms with E-state index in [-0.39, 0.29) is 0 Å². The van der Waals surface area contributed by atoms with E-state index in [1.165, 1.54) is 13.0 Å². The molecule has 0 aliphatic carbocycles. The monoisotopic (exact) mass is 240 g/mol. The second-order valence-corrected chi connectivity index (χ2v) is 5.35. The van der Waals surface area contributed by atoms with Gasteiger partial charge in [-0.1, -0.05) is 19.9 Å². The number of hydrogen-bond donors (Lipinski definition) is 1. The Balaban J connectivity index is 2.37. The molecule has 1 rings (SSSR count). The Bertz CT molecular complexity index is 218. The van der Waals surface area contributed by atoms with Gasteiger partial charge in [0.25, 0.3) is 0 Å². The van der Waals surface area contributed by atoms with Crippen LogP contribution in [0.3, 0.4) is 0 Å². The number of nitrogens with one attached hydrogen (secondary N) is 1. The van der Waals surface area contributed by atoms with Crippen molar-refractivity contribution in [2.24, 2.45) is 5.92 Å². The summed E-state index contributed by atoms with van der Waals surface area (Å²) in [5.74, 6) is 0.694. The van der Waals surface area contributed by atoms with E-state index in [9.17, 15) is 0 Å². The van der Waals surface area contributed by atoms with Gasteiger partial charge in [0.1, 0.15) is 0 Å². The summed E-state index contributed by atoms with van der Waals surface area (Å²) >= 11 is 0. The average Bonchev–Trinajstić information content (AvgIpc) is 2.52. The van der Waals surface area contributed by atoms with Gasteiger partial charge in [0.05, 0.1) is 12.7 Å². The van der Waals surface area contributed by atoms with Crippen LogP contribution in [-0.2, 0) is 4.74 Å². The molecule has 1 aliphatic rings. The first kappa shape index (κ1) is 14.7. The first-order chi connectivity index (χ1) is 8.13. The van der Waals surface area contributed by atoms with E-state index in [1.54, 1.807) is 0 Å². The summed E-state index contributed by atoms with van der Waals surface area (Å²) in [6, 6.07) is 0.615. The van der Waals surface area contributed by atoms with E-state index >= 15 is 0 Å². The van der Waals surface area contributed by atoms with Gasteiger partial charge in [-0.05, 0) is 32.4 Å². The Morgan fingerprint density at radius 3 is 2.88 bits per heavy atom. The Hall–Kier alpha value is -0.380. The fourth-order valence-electron chi connectivity index (χ4n) is 2.29. The van der Waals surface area contributed by atoms with Gasteiger partial charge in [-0.2, -0.15) is 0 Å².